The lowest BCUT2D eigenvalue weighted by Crippen LogP contribution is -2.38. The van der Waals surface area contributed by atoms with Crippen LogP contribution in [0.4, 0.5) is 0 Å². The van der Waals surface area contributed by atoms with Crippen molar-refractivity contribution in [3.63, 3.8) is 0 Å². The number of nitrogens with one attached hydrogen (secondary N) is 1. The Morgan fingerprint density at radius 1 is 1.45 bits per heavy atom. The fourth-order valence-electron chi connectivity index (χ4n) is 2.96. The Hall–Kier alpha value is -1.36. The van der Waals surface area contributed by atoms with Gasteiger partial charge < -0.3 is 15.6 Å². The molecule has 1 atom stereocenters. The van der Waals surface area contributed by atoms with Gasteiger partial charge in [0.15, 0.2) is 0 Å². The van der Waals surface area contributed by atoms with Crippen LogP contribution in [0.2, 0.25) is 0 Å². The van der Waals surface area contributed by atoms with E-state index in [1.54, 1.807) is 12.5 Å². The molecule has 3 N–H and O–H groups in total. The normalized spacial score (nSPS) is 18.5. The molecule has 0 aliphatic heterocycles. The zero-order valence-electron chi connectivity index (χ0n) is 12.3. The first-order valence-electron chi connectivity index (χ1n) is 7.73. The topological polar surface area (TPSA) is 72.9 Å². The Labute approximate surface area is 120 Å². The summed E-state index contributed by atoms with van der Waals surface area (Å²) >= 11 is 0. The number of amides is 1. The summed E-state index contributed by atoms with van der Waals surface area (Å²) in [5, 5.41) is 3.10. The molecule has 1 aromatic rings. The van der Waals surface area contributed by atoms with Crippen LogP contribution >= 0.6 is 0 Å². The maximum atomic E-state index is 12.2. The van der Waals surface area contributed by atoms with Crippen LogP contribution in [0.15, 0.2) is 12.5 Å². The Morgan fingerprint density at radius 2 is 2.15 bits per heavy atom. The van der Waals surface area contributed by atoms with Crippen LogP contribution < -0.4 is 11.1 Å². The average molecular weight is 278 g/mol. The highest BCUT2D eigenvalue weighted by molar-refractivity contribution is 5.92. The van der Waals surface area contributed by atoms with Crippen LogP contribution in [-0.2, 0) is 6.54 Å². The van der Waals surface area contributed by atoms with Crippen molar-refractivity contribution in [3.05, 3.63) is 18.2 Å². The lowest BCUT2D eigenvalue weighted by molar-refractivity contribution is 0.0919. The van der Waals surface area contributed by atoms with E-state index in [9.17, 15) is 4.79 Å². The Bertz CT molecular complexity index is 421. The Balaban J connectivity index is 1.88. The van der Waals surface area contributed by atoms with Gasteiger partial charge in [-0.3, -0.25) is 4.79 Å². The molecule has 20 heavy (non-hydrogen) atoms. The molecule has 1 aliphatic carbocycles. The lowest BCUT2D eigenvalue weighted by Gasteiger charge is -2.23. The fourth-order valence-corrected chi connectivity index (χ4v) is 2.96. The quantitative estimate of drug-likeness (QED) is 0.808. The zero-order valence-corrected chi connectivity index (χ0v) is 12.3. The van der Waals surface area contributed by atoms with Gasteiger partial charge in [0.1, 0.15) is 5.69 Å². The molecule has 112 valence electrons. The number of imidazole rings is 1. The van der Waals surface area contributed by atoms with Crippen molar-refractivity contribution in [2.24, 2.45) is 11.7 Å². The second-order valence-electron chi connectivity index (χ2n) is 5.80. The van der Waals surface area contributed by atoms with Gasteiger partial charge in [0.25, 0.3) is 5.91 Å². The summed E-state index contributed by atoms with van der Waals surface area (Å²) in [5.41, 5.74) is 5.97. The summed E-state index contributed by atoms with van der Waals surface area (Å²) in [6.45, 7) is 3.36. The Kier molecular flexibility index (Phi) is 5.59. The van der Waals surface area contributed by atoms with E-state index >= 15 is 0 Å². The van der Waals surface area contributed by atoms with Gasteiger partial charge in [-0.25, -0.2) is 4.98 Å². The highest BCUT2D eigenvalue weighted by Crippen LogP contribution is 2.25. The van der Waals surface area contributed by atoms with Crippen LogP contribution in [0.3, 0.4) is 0 Å². The van der Waals surface area contributed by atoms with E-state index < -0.39 is 0 Å². The number of carbonyl (C=O) groups excluding carboxylic acids is 1. The maximum absolute atomic E-state index is 12.2. The summed E-state index contributed by atoms with van der Waals surface area (Å²) in [7, 11) is 0. The van der Waals surface area contributed by atoms with E-state index in [4.69, 9.17) is 5.73 Å². The molecule has 0 aromatic carbocycles. The van der Waals surface area contributed by atoms with Gasteiger partial charge in [0, 0.05) is 25.3 Å². The molecule has 5 nitrogen and oxygen atoms in total. The third-order valence-corrected chi connectivity index (χ3v) is 4.22. The summed E-state index contributed by atoms with van der Waals surface area (Å²) < 4.78 is 1.85. The van der Waals surface area contributed by atoms with E-state index in [1.807, 2.05) is 4.57 Å². The summed E-state index contributed by atoms with van der Waals surface area (Å²) in [6.07, 6.45) is 11.1. The second kappa shape index (κ2) is 7.43. The van der Waals surface area contributed by atoms with Crippen molar-refractivity contribution >= 4 is 5.91 Å². The van der Waals surface area contributed by atoms with Gasteiger partial charge in [-0.2, -0.15) is 0 Å². The van der Waals surface area contributed by atoms with Crippen LogP contribution in [-0.4, -0.2) is 28.0 Å². The monoisotopic (exact) mass is 278 g/mol. The van der Waals surface area contributed by atoms with Gasteiger partial charge in [-0.05, 0) is 25.7 Å². The molecule has 2 rings (SSSR count). The van der Waals surface area contributed by atoms with Crippen LogP contribution in [0.1, 0.15) is 55.9 Å². The highest BCUT2D eigenvalue weighted by Gasteiger charge is 2.21. The average Bonchev–Trinajstić information content (AvgIpc) is 2.73. The minimum absolute atomic E-state index is 0.0717. The third kappa shape index (κ3) is 4.07. The standard InChI is InChI=1S/C15H26N4O/c1-12(13-6-4-2-3-5-7-13)18-15(20)14-10-19(9-8-16)11-17-14/h10-13H,2-9,16H2,1H3,(H,18,20)/t12-/m0/s1. The first-order chi connectivity index (χ1) is 9.70. The Morgan fingerprint density at radius 3 is 2.80 bits per heavy atom. The molecule has 5 heteroatoms. The number of nitrogens with two attached hydrogens (primary N) is 1. The first-order valence-corrected chi connectivity index (χ1v) is 7.73. The zero-order chi connectivity index (χ0) is 14.4. The predicted octanol–water partition coefficient (Wildman–Crippen LogP) is 1.93. The molecule has 1 saturated carbocycles. The number of carbonyl (C=O) groups is 1. The number of hydrogen-bond donors (Lipinski definition) is 2. The minimum atomic E-state index is -0.0717. The molecular formula is C15H26N4O. The molecule has 0 radical (unpaired) electrons. The smallest absolute Gasteiger partial charge is 0.271 e. The van der Waals surface area contributed by atoms with E-state index in [2.05, 4.69) is 17.2 Å². The van der Waals surface area contributed by atoms with E-state index in [0.29, 0.717) is 24.7 Å². The van der Waals surface area contributed by atoms with Gasteiger partial charge in [-0.1, -0.05) is 25.7 Å². The van der Waals surface area contributed by atoms with Gasteiger partial charge in [-0.15, -0.1) is 0 Å². The third-order valence-electron chi connectivity index (χ3n) is 4.22. The van der Waals surface area contributed by atoms with E-state index in [-0.39, 0.29) is 11.9 Å². The van der Waals surface area contributed by atoms with Crippen LogP contribution in [0.5, 0.6) is 0 Å². The summed E-state index contributed by atoms with van der Waals surface area (Å²) in [6, 6.07) is 0.222. The molecule has 1 aromatic heterocycles. The van der Waals surface area contributed by atoms with Crippen molar-refractivity contribution in [1.29, 1.82) is 0 Å². The number of rotatable bonds is 5. The molecule has 1 fully saturated rings. The van der Waals surface area contributed by atoms with Crippen LogP contribution in [0, 0.1) is 5.92 Å². The van der Waals surface area contributed by atoms with E-state index in [1.165, 1.54) is 38.5 Å². The SMILES string of the molecule is C[C@H](NC(=O)c1cn(CCN)cn1)C1CCCCCC1. The maximum Gasteiger partial charge on any atom is 0.271 e. The van der Waals surface area contributed by atoms with Crippen molar-refractivity contribution in [1.82, 2.24) is 14.9 Å². The van der Waals surface area contributed by atoms with Gasteiger partial charge in [0.05, 0.1) is 6.33 Å². The number of aromatic nitrogens is 2. The fraction of sp³-hybridized carbons (Fsp3) is 0.733. The van der Waals surface area contributed by atoms with Gasteiger partial charge >= 0.3 is 0 Å². The van der Waals surface area contributed by atoms with Crippen molar-refractivity contribution in [2.75, 3.05) is 6.54 Å². The highest BCUT2D eigenvalue weighted by atomic mass is 16.2. The largest absolute Gasteiger partial charge is 0.348 e. The van der Waals surface area contributed by atoms with Crippen LogP contribution in [0.25, 0.3) is 0 Å². The predicted molar refractivity (Wildman–Crippen MR) is 79.4 cm³/mol. The summed E-state index contributed by atoms with van der Waals surface area (Å²) in [5.74, 6) is 0.532. The summed E-state index contributed by atoms with van der Waals surface area (Å²) in [4.78, 5) is 16.3. The molecule has 1 aliphatic rings. The number of hydrogen-bond acceptors (Lipinski definition) is 3. The van der Waals surface area contributed by atoms with Gasteiger partial charge in [0.2, 0.25) is 0 Å². The molecule has 0 unspecified atom stereocenters. The second-order valence-corrected chi connectivity index (χ2v) is 5.80. The molecular weight excluding hydrogens is 252 g/mol. The first kappa shape index (κ1) is 15.0. The van der Waals surface area contributed by atoms with E-state index in [0.717, 1.165) is 0 Å². The van der Waals surface area contributed by atoms with Crippen molar-refractivity contribution in [3.8, 4) is 0 Å². The molecule has 0 bridgehead atoms. The van der Waals surface area contributed by atoms with Crippen molar-refractivity contribution in [2.45, 2.75) is 58.0 Å². The van der Waals surface area contributed by atoms with Crippen molar-refractivity contribution < 1.29 is 4.79 Å². The minimum Gasteiger partial charge on any atom is -0.348 e. The molecule has 1 amide bonds. The molecule has 0 saturated heterocycles. The molecule has 0 spiro atoms. The number of nitrogens with zero attached hydrogens (tertiary/aromatic N) is 2. The molecule has 1 heterocycles. The lowest BCUT2D eigenvalue weighted by atomic mass is 9.93.